The van der Waals surface area contributed by atoms with E-state index in [1.54, 1.807) is 0 Å². The van der Waals surface area contributed by atoms with E-state index < -0.39 is 18.0 Å². The average molecular weight is 522 g/mol. The van der Waals surface area contributed by atoms with Crippen LogP contribution in [0.3, 0.4) is 0 Å². The Morgan fingerprint density at radius 2 is 1.78 bits per heavy atom. The maximum atomic E-state index is 13.0. The Balaban J connectivity index is 1.26. The quantitative estimate of drug-likeness (QED) is 0.388. The smallest absolute Gasteiger partial charge is 0.334 e. The number of anilines is 4. The number of amides is 4. The summed E-state index contributed by atoms with van der Waals surface area (Å²) in [6.07, 6.45) is 0. The van der Waals surface area contributed by atoms with E-state index in [0.717, 1.165) is 21.4 Å². The van der Waals surface area contributed by atoms with Gasteiger partial charge < -0.3 is 25.2 Å². The van der Waals surface area contributed by atoms with Crippen molar-refractivity contribution in [3.05, 3.63) is 65.3 Å². The zero-order valence-corrected chi connectivity index (χ0v) is 21.0. The van der Waals surface area contributed by atoms with E-state index in [0.29, 0.717) is 32.0 Å². The molecule has 1 saturated heterocycles. The Morgan fingerprint density at radius 1 is 1.05 bits per heavy atom. The Kier molecular flexibility index (Phi) is 7.19. The maximum absolute atomic E-state index is 13.0. The number of ether oxygens (including phenoxy) is 1. The first kappa shape index (κ1) is 24.5. The maximum Gasteiger partial charge on any atom is 0.334 e. The van der Waals surface area contributed by atoms with Crippen LogP contribution in [0.4, 0.5) is 26.9 Å². The number of hydrogen-bond donors (Lipinski definition) is 4. The van der Waals surface area contributed by atoms with Crippen LogP contribution in [0, 0.1) is 6.92 Å². The number of morpholine rings is 1. The molecule has 2 aliphatic rings. The summed E-state index contributed by atoms with van der Waals surface area (Å²) in [5.41, 5.74) is 7.34. The van der Waals surface area contributed by atoms with Gasteiger partial charge in [-0.2, -0.15) is 0 Å². The van der Waals surface area contributed by atoms with Crippen LogP contribution in [-0.4, -0.2) is 61.7 Å². The number of thiazole rings is 1. The third kappa shape index (κ3) is 5.49. The normalized spacial score (nSPS) is 17.3. The zero-order valence-electron chi connectivity index (χ0n) is 20.2. The van der Waals surface area contributed by atoms with Crippen LogP contribution in [0.1, 0.15) is 15.5 Å². The molecule has 11 nitrogen and oxygen atoms in total. The molecule has 1 atom stereocenters. The highest BCUT2D eigenvalue weighted by Gasteiger charge is 2.30. The van der Waals surface area contributed by atoms with Gasteiger partial charge in [0.2, 0.25) is 5.91 Å². The molecule has 12 heteroatoms. The van der Waals surface area contributed by atoms with Crippen molar-refractivity contribution in [3.8, 4) is 0 Å². The van der Waals surface area contributed by atoms with Crippen molar-refractivity contribution >= 4 is 51.2 Å². The van der Waals surface area contributed by atoms with E-state index in [1.807, 2.05) is 66.4 Å². The molecule has 1 fully saturated rings. The van der Waals surface area contributed by atoms with Crippen LogP contribution in [-0.2, 0) is 9.53 Å². The van der Waals surface area contributed by atoms with Crippen LogP contribution in [0.2, 0.25) is 0 Å². The highest BCUT2D eigenvalue weighted by molar-refractivity contribution is 7.16. The SMILES string of the molecule is Cc1nc(C(=O)NNC(=O)N[C@H]2CN(c3ccccc3)c3ccccc3NC2=O)c(N2CCOCC2)s1. The third-order valence-corrected chi connectivity index (χ3v) is 7.06. The molecule has 0 unspecified atom stereocenters. The van der Waals surface area contributed by atoms with Gasteiger partial charge in [-0.05, 0) is 31.2 Å². The van der Waals surface area contributed by atoms with E-state index in [-0.39, 0.29) is 18.1 Å². The summed E-state index contributed by atoms with van der Waals surface area (Å²) in [6, 6.07) is 15.5. The van der Waals surface area contributed by atoms with Gasteiger partial charge in [0.1, 0.15) is 11.0 Å². The number of aromatic nitrogens is 1. The number of urea groups is 1. The first-order chi connectivity index (χ1) is 18.0. The minimum Gasteiger partial charge on any atom is -0.378 e. The van der Waals surface area contributed by atoms with E-state index in [4.69, 9.17) is 4.74 Å². The molecule has 1 aromatic heterocycles. The number of fused-ring (bicyclic) bond motifs is 1. The monoisotopic (exact) mass is 521 g/mol. The Morgan fingerprint density at radius 3 is 2.57 bits per heavy atom. The van der Waals surface area contributed by atoms with Crippen LogP contribution < -0.4 is 31.3 Å². The summed E-state index contributed by atoms with van der Waals surface area (Å²) in [5.74, 6) is -0.901. The van der Waals surface area contributed by atoms with Gasteiger partial charge in [-0.1, -0.05) is 30.3 Å². The molecule has 5 rings (SSSR count). The van der Waals surface area contributed by atoms with E-state index in [2.05, 4.69) is 31.4 Å². The number of aryl methyl sites for hydroxylation is 1. The Hall–Kier alpha value is -4.16. The van der Waals surface area contributed by atoms with Crippen LogP contribution in [0.15, 0.2) is 54.6 Å². The molecule has 0 radical (unpaired) electrons. The lowest BCUT2D eigenvalue weighted by Gasteiger charge is -2.28. The number of hydrazine groups is 1. The number of benzene rings is 2. The number of rotatable bonds is 4. The molecule has 0 bridgehead atoms. The summed E-state index contributed by atoms with van der Waals surface area (Å²) in [5, 5.41) is 7.03. The van der Waals surface area contributed by atoms with Gasteiger partial charge in [-0.3, -0.25) is 15.0 Å². The zero-order chi connectivity index (χ0) is 25.8. The van der Waals surface area contributed by atoms with Crippen molar-refractivity contribution in [2.45, 2.75) is 13.0 Å². The summed E-state index contributed by atoms with van der Waals surface area (Å²) < 4.78 is 5.39. The van der Waals surface area contributed by atoms with Gasteiger partial charge in [-0.15, -0.1) is 11.3 Å². The lowest BCUT2D eigenvalue weighted by Crippen LogP contribution is -2.55. The summed E-state index contributed by atoms with van der Waals surface area (Å²) in [6.45, 7) is 4.49. The molecule has 4 N–H and O–H groups in total. The molecule has 0 saturated carbocycles. The Labute approximate surface area is 217 Å². The van der Waals surface area contributed by atoms with Gasteiger partial charge in [0.15, 0.2) is 5.69 Å². The second-order valence-corrected chi connectivity index (χ2v) is 9.73. The fourth-order valence-corrected chi connectivity index (χ4v) is 5.24. The fraction of sp³-hybridized carbons (Fsp3) is 0.280. The van der Waals surface area contributed by atoms with Gasteiger partial charge >= 0.3 is 6.03 Å². The molecule has 192 valence electrons. The Bertz CT molecular complexity index is 1290. The van der Waals surface area contributed by atoms with Gasteiger partial charge in [0.05, 0.1) is 36.1 Å². The van der Waals surface area contributed by atoms with Gasteiger partial charge in [0.25, 0.3) is 5.91 Å². The molecular formula is C25H27N7O4S. The molecule has 2 aromatic carbocycles. The number of nitrogens with one attached hydrogen (secondary N) is 4. The number of hydrogen-bond acceptors (Lipinski definition) is 8. The standard InChI is InChI=1S/C25H27N7O4S/c1-16-26-21(24(37-16)31-11-13-36-14-12-31)23(34)29-30-25(35)28-19-15-32(17-7-3-2-4-8-17)20-10-6-5-9-18(20)27-22(19)33/h2-10,19H,11-15H2,1H3,(H,27,33)(H,29,34)(H2,28,30,35)/t19-/m0/s1. The molecule has 0 aliphatic carbocycles. The molecule has 3 heterocycles. The highest BCUT2D eigenvalue weighted by atomic mass is 32.1. The van der Waals surface area contributed by atoms with Crippen LogP contribution in [0.5, 0.6) is 0 Å². The average Bonchev–Trinajstić information content (AvgIpc) is 3.26. The van der Waals surface area contributed by atoms with Gasteiger partial charge in [-0.25, -0.2) is 15.2 Å². The molecular weight excluding hydrogens is 494 g/mol. The van der Waals surface area contributed by atoms with Crippen molar-refractivity contribution in [2.75, 3.05) is 48.0 Å². The molecule has 0 spiro atoms. The fourth-order valence-electron chi connectivity index (χ4n) is 4.27. The van der Waals surface area contributed by atoms with E-state index >= 15 is 0 Å². The second kappa shape index (κ2) is 10.8. The lowest BCUT2D eigenvalue weighted by atomic mass is 10.2. The third-order valence-electron chi connectivity index (χ3n) is 6.03. The number of para-hydroxylation sites is 3. The molecule has 3 aromatic rings. The minimum absolute atomic E-state index is 0.195. The van der Waals surface area contributed by atoms with E-state index in [9.17, 15) is 14.4 Å². The van der Waals surface area contributed by atoms with Crippen LogP contribution in [0.25, 0.3) is 0 Å². The first-order valence-corrected chi connectivity index (χ1v) is 12.7. The lowest BCUT2D eigenvalue weighted by molar-refractivity contribution is -0.117. The van der Waals surface area contributed by atoms with Crippen molar-refractivity contribution in [1.82, 2.24) is 21.2 Å². The van der Waals surface area contributed by atoms with E-state index in [1.165, 1.54) is 11.3 Å². The van der Waals surface area contributed by atoms with Crippen molar-refractivity contribution in [3.63, 3.8) is 0 Å². The summed E-state index contributed by atoms with van der Waals surface area (Å²) in [4.78, 5) is 46.9. The summed E-state index contributed by atoms with van der Waals surface area (Å²) in [7, 11) is 0. The number of nitrogens with zero attached hydrogens (tertiary/aromatic N) is 3. The second-order valence-electron chi connectivity index (χ2n) is 8.54. The predicted molar refractivity (Wildman–Crippen MR) is 141 cm³/mol. The van der Waals surface area contributed by atoms with Crippen LogP contribution >= 0.6 is 11.3 Å². The topological polar surface area (TPSA) is 128 Å². The highest BCUT2D eigenvalue weighted by Crippen LogP contribution is 2.34. The largest absolute Gasteiger partial charge is 0.378 e. The van der Waals surface area contributed by atoms with Crippen molar-refractivity contribution < 1.29 is 19.1 Å². The molecule has 37 heavy (non-hydrogen) atoms. The molecule has 2 aliphatic heterocycles. The van der Waals surface area contributed by atoms with Crippen molar-refractivity contribution in [2.24, 2.45) is 0 Å². The number of carbonyl (C=O) groups is 3. The number of carbonyl (C=O) groups excluding carboxylic acids is 3. The van der Waals surface area contributed by atoms with Crippen molar-refractivity contribution in [1.29, 1.82) is 0 Å². The summed E-state index contributed by atoms with van der Waals surface area (Å²) >= 11 is 1.42. The van der Waals surface area contributed by atoms with Gasteiger partial charge in [0, 0.05) is 18.8 Å². The minimum atomic E-state index is -0.894. The molecule has 4 amide bonds. The predicted octanol–water partition coefficient (Wildman–Crippen LogP) is 2.39. The first-order valence-electron chi connectivity index (χ1n) is 11.9.